The molecule has 0 aromatic carbocycles. The van der Waals surface area contributed by atoms with Gasteiger partial charge in [0.25, 0.3) is 0 Å². The van der Waals surface area contributed by atoms with Crippen molar-refractivity contribution in [3.8, 4) is 0 Å². The minimum Gasteiger partial charge on any atom is -0.481 e. The molecule has 1 aromatic heterocycles. The molecule has 9 nitrogen and oxygen atoms in total. The molecule has 1 heterocycles. The molecule has 0 fully saturated rings. The second-order valence-corrected chi connectivity index (χ2v) is 6.97. The van der Waals surface area contributed by atoms with E-state index in [1.807, 2.05) is 0 Å². The van der Waals surface area contributed by atoms with Gasteiger partial charge in [-0.2, -0.15) is 0 Å². The standard InChI is InChI=1S/C12H15NO8S2/c1-20-11(16)7-6-8(10(22-7)12(17)21-2)23(18,19)13-5-3-4-9(14)15/h6,13H,3-5H2,1-2H3,(H,14,15). The first-order valence-corrected chi connectivity index (χ1v) is 8.54. The van der Waals surface area contributed by atoms with Gasteiger partial charge < -0.3 is 14.6 Å². The molecule has 128 valence electrons. The van der Waals surface area contributed by atoms with E-state index < -0.39 is 32.8 Å². The highest BCUT2D eigenvalue weighted by atomic mass is 32.2. The van der Waals surface area contributed by atoms with E-state index in [0.717, 1.165) is 20.3 Å². The molecular formula is C12H15NO8S2. The zero-order chi connectivity index (χ0) is 17.6. The third kappa shape index (κ3) is 5.01. The molecule has 0 aliphatic rings. The number of carbonyl (C=O) groups excluding carboxylic acids is 2. The zero-order valence-electron chi connectivity index (χ0n) is 12.3. The Bertz CT molecular complexity index is 707. The molecule has 0 bridgehead atoms. The fourth-order valence-electron chi connectivity index (χ4n) is 1.53. The third-order valence-electron chi connectivity index (χ3n) is 2.60. The average Bonchev–Trinajstić information content (AvgIpc) is 2.96. The molecule has 11 heteroatoms. The van der Waals surface area contributed by atoms with Gasteiger partial charge >= 0.3 is 17.9 Å². The summed E-state index contributed by atoms with van der Waals surface area (Å²) in [7, 11) is -1.90. The first-order valence-electron chi connectivity index (χ1n) is 6.25. The smallest absolute Gasteiger partial charge is 0.349 e. The second-order valence-electron chi connectivity index (χ2n) is 4.18. The quantitative estimate of drug-likeness (QED) is 0.501. The molecule has 0 aliphatic heterocycles. The molecule has 0 radical (unpaired) electrons. The summed E-state index contributed by atoms with van der Waals surface area (Å²) >= 11 is 0.633. The van der Waals surface area contributed by atoms with Crippen LogP contribution in [0.3, 0.4) is 0 Å². The Hall–Kier alpha value is -1.98. The van der Waals surface area contributed by atoms with E-state index in [1.54, 1.807) is 0 Å². The highest BCUT2D eigenvalue weighted by Crippen LogP contribution is 2.28. The number of hydrogen-bond donors (Lipinski definition) is 2. The highest BCUT2D eigenvalue weighted by Gasteiger charge is 2.28. The van der Waals surface area contributed by atoms with Crippen molar-refractivity contribution >= 4 is 39.3 Å². The van der Waals surface area contributed by atoms with Crippen molar-refractivity contribution in [3.05, 3.63) is 15.8 Å². The fourth-order valence-corrected chi connectivity index (χ4v) is 4.12. The monoisotopic (exact) mass is 365 g/mol. The van der Waals surface area contributed by atoms with Crippen LogP contribution < -0.4 is 4.72 Å². The SMILES string of the molecule is COC(=O)c1cc(S(=O)(=O)NCCCC(=O)O)c(C(=O)OC)s1. The number of nitrogens with one attached hydrogen (secondary N) is 1. The number of carboxylic acids is 1. The number of carbonyl (C=O) groups is 3. The Kier molecular flexibility index (Phi) is 6.66. The molecule has 0 amide bonds. The van der Waals surface area contributed by atoms with E-state index in [0.29, 0.717) is 11.3 Å². The molecule has 23 heavy (non-hydrogen) atoms. The maximum Gasteiger partial charge on any atom is 0.349 e. The van der Waals surface area contributed by atoms with E-state index >= 15 is 0 Å². The van der Waals surface area contributed by atoms with Crippen LogP contribution in [-0.4, -0.2) is 52.2 Å². The summed E-state index contributed by atoms with van der Waals surface area (Å²) in [6, 6.07) is 1.02. The van der Waals surface area contributed by atoms with E-state index in [4.69, 9.17) is 5.11 Å². The normalized spacial score (nSPS) is 11.0. The van der Waals surface area contributed by atoms with Gasteiger partial charge in [-0.1, -0.05) is 0 Å². The van der Waals surface area contributed by atoms with E-state index in [2.05, 4.69) is 14.2 Å². The van der Waals surface area contributed by atoms with Crippen LogP contribution in [0.1, 0.15) is 32.2 Å². The molecule has 1 rings (SSSR count). The van der Waals surface area contributed by atoms with Gasteiger partial charge in [0.1, 0.15) is 14.6 Å². The number of rotatable bonds is 8. The molecule has 0 saturated carbocycles. The van der Waals surface area contributed by atoms with Gasteiger partial charge in [-0.25, -0.2) is 22.7 Å². The lowest BCUT2D eigenvalue weighted by Crippen LogP contribution is -2.26. The van der Waals surface area contributed by atoms with Crippen LogP contribution in [-0.2, 0) is 24.3 Å². The van der Waals surface area contributed by atoms with Gasteiger partial charge in [-0.3, -0.25) is 4.79 Å². The lowest BCUT2D eigenvalue weighted by atomic mass is 10.3. The van der Waals surface area contributed by atoms with Crippen molar-refractivity contribution in [3.63, 3.8) is 0 Å². The van der Waals surface area contributed by atoms with Crippen molar-refractivity contribution in [2.45, 2.75) is 17.7 Å². The predicted octanol–water partition coefficient (Wildman–Crippen LogP) is 0.464. The van der Waals surface area contributed by atoms with Crippen LogP contribution in [0.4, 0.5) is 0 Å². The van der Waals surface area contributed by atoms with Gasteiger partial charge in [-0.05, 0) is 12.5 Å². The van der Waals surface area contributed by atoms with Gasteiger partial charge in [0.2, 0.25) is 10.0 Å². The Morgan fingerprint density at radius 2 is 1.83 bits per heavy atom. The number of methoxy groups -OCH3 is 2. The van der Waals surface area contributed by atoms with Crippen LogP contribution in [0.5, 0.6) is 0 Å². The van der Waals surface area contributed by atoms with Crippen LogP contribution in [0, 0.1) is 0 Å². The van der Waals surface area contributed by atoms with Crippen molar-refractivity contribution in [1.29, 1.82) is 0 Å². The molecule has 0 spiro atoms. The van der Waals surface area contributed by atoms with Gasteiger partial charge in [-0.15, -0.1) is 11.3 Å². The van der Waals surface area contributed by atoms with Crippen molar-refractivity contribution in [1.82, 2.24) is 4.72 Å². The van der Waals surface area contributed by atoms with Crippen LogP contribution in [0.2, 0.25) is 0 Å². The van der Waals surface area contributed by atoms with Gasteiger partial charge in [0.05, 0.1) is 14.2 Å². The summed E-state index contributed by atoms with van der Waals surface area (Å²) in [5.74, 6) is -2.74. The predicted molar refractivity (Wildman–Crippen MR) is 79.1 cm³/mol. The molecule has 0 saturated heterocycles. The average molecular weight is 365 g/mol. The first-order chi connectivity index (χ1) is 10.7. The summed E-state index contributed by atoms with van der Waals surface area (Å²) in [4.78, 5) is 32.9. The zero-order valence-corrected chi connectivity index (χ0v) is 14.0. The molecular weight excluding hydrogens is 350 g/mol. The Morgan fingerprint density at radius 3 is 2.35 bits per heavy atom. The van der Waals surface area contributed by atoms with Gasteiger partial charge in [0.15, 0.2) is 0 Å². The van der Waals surface area contributed by atoms with E-state index in [9.17, 15) is 22.8 Å². The van der Waals surface area contributed by atoms with Crippen LogP contribution in [0.15, 0.2) is 11.0 Å². The Balaban J connectivity index is 3.07. The number of esters is 2. The van der Waals surface area contributed by atoms with Crippen molar-refractivity contribution in [2.24, 2.45) is 0 Å². The molecule has 0 atom stereocenters. The number of thiophene rings is 1. The summed E-state index contributed by atoms with van der Waals surface area (Å²) in [6.45, 7) is -0.126. The van der Waals surface area contributed by atoms with Crippen molar-refractivity contribution in [2.75, 3.05) is 20.8 Å². The molecule has 1 aromatic rings. The highest BCUT2D eigenvalue weighted by molar-refractivity contribution is 7.89. The topological polar surface area (TPSA) is 136 Å². The van der Waals surface area contributed by atoms with Gasteiger partial charge in [0, 0.05) is 13.0 Å². The lowest BCUT2D eigenvalue weighted by molar-refractivity contribution is -0.137. The Morgan fingerprint density at radius 1 is 1.22 bits per heavy atom. The number of sulfonamides is 1. The van der Waals surface area contributed by atoms with E-state index in [1.165, 1.54) is 0 Å². The molecule has 0 unspecified atom stereocenters. The number of ether oxygens (including phenoxy) is 2. The number of aliphatic carboxylic acids is 1. The fraction of sp³-hybridized carbons (Fsp3) is 0.417. The van der Waals surface area contributed by atoms with Crippen molar-refractivity contribution < 1.29 is 37.4 Å². The first kappa shape index (κ1) is 19.1. The molecule has 0 aliphatic carbocycles. The Labute approximate surface area is 136 Å². The number of hydrogen-bond acceptors (Lipinski definition) is 8. The minimum atomic E-state index is -4.11. The lowest BCUT2D eigenvalue weighted by Gasteiger charge is -2.06. The molecule has 2 N–H and O–H groups in total. The summed E-state index contributed by atoms with van der Waals surface area (Å²) in [6.07, 6.45) is -0.125. The summed E-state index contributed by atoms with van der Waals surface area (Å²) in [5.41, 5.74) is 0. The maximum absolute atomic E-state index is 12.2. The summed E-state index contributed by atoms with van der Waals surface area (Å²) in [5, 5.41) is 8.51. The summed E-state index contributed by atoms with van der Waals surface area (Å²) < 4.78 is 35.6. The van der Waals surface area contributed by atoms with E-state index in [-0.39, 0.29) is 29.1 Å². The number of carboxylic acid groups (broad SMARTS) is 1. The largest absolute Gasteiger partial charge is 0.481 e. The third-order valence-corrected chi connectivity index (χ3v) is 5.31. The van der Waals surface area contributed by atoms with Crippen LogP contribution >= 0.6 is 11.3 Å². The second kappa shape index (κ2) is 8.04. The van der Waals surface area contributed by atoms with Crippen LogP contribution in [0.25, 0.3) is 0 Å². The maximum atomic E-state index is 12.2. The minimum absolute atomic E-state index is 0.0705.